The van der Waals surface area contributed by atoms with Gasteiger partial charge in [-0.2, -0.15) is 0 Å². The number of amides is 1. The Morgan fingerprint density at radius 2 is 1.37 bits per heavy atom. The zero-order valence-corrected chi connectivity index (χ0v) is 18.7. The van der Waals surface area contributed by atoms with Crippen LogP contribution in [0.15, 0.2) is 84.9 Å². The van der Waals surface area contributed by atoms with Crippen molar-refractivity contribution in [3.05, 3.63) is 113 Å². The first-order valence-corrected chi connectivity index (χ1v) is 10.6. The number of aromatic nitrogens is 3. The molecule has 0 saturated heterocycles. The fourth-order valence-corrected chi connectivity index (χ4v) is 3.46. The van der Waals surface area contributed by atoms with Crippen molar-refractivity contribution < 1.29 is 23.9 Å². The first-order chi connectivity index (χ1) is 17.0. The maximum absolute atomic E-state index is 13.4. The third kappa shape index (κ3) is 5.03. The third-order valence-corrected chi connectivity index (χ3v) is 5.14. The highest BCUT2D eigenvalue weighted by Crippen LogP contribution is 2.19. The molecule has 9 nitrogen and oxygen atoms in total. The summed E-state index contributed by atoms with van der Waals surface area (Å²) in [7, 11) is 1.24. The van der Waals surface area contributed by atoms with E-state index in [0.717, 1.165) is 4.68 Å². The summed E-state index contributed by atoms with van der Waals surface area (Å²) < 4.78 is 5.83. The number of hydrogen-bond acceptors (Lipinski definition) is 7. The minimum atomic E-state index is -0.614. The maximum atomic E-state index is 13.4. The van der Waals surface area contributed by atoms with Gasteiger partial charge in [0.15, 0.2) is 5.69 Å². The molecule has 0 fully saturated rings. The van der Waals surface area contributed by atoms with E-state index in [9.17, 15) is 19.2 Å². The molecule has 9 heteroatoms. The fourth-order valence-electron chi connectivity index (χ4n) is 3.46. The van der Waals surface area contributed by atoms with Gasteiger partial charge in [-0.1, -0.05) is 78.0 Å². The standard InChI is InChI=1S/C26H20N4O5/c1-35-26(34)19-14-8-9-15-20(19)27-21(31)16-30-23(25(33)18-12-6-3-7-13-18)22(28-29-30)24(32)17-10-4-2-5-11-17/h2-15H,16H2,1H3,(H,27,31). The number of carbonyl (C=O) groups excluding carboxylic acids is 4. The molecule has 1 aromatic heterocycles. The predicted molar refractivity (Wildman–Crippen MR) is 126 cm³/mol. The van der Waals surface area contributed by atoms with Crippen molar-refractivity contribution in [1.82, 2.24) is 15.0 Å². The molecule has 1 amide bonds. The van der Waals surface area contributed by atoms with Crippen molar-refractivity contribution in [3.63, 3.8) is 0 Å². The molecule has 0 unspecified atom stereocenters. The van der Waals surface area contributed by atoms with Gasteiger partial charge < -0.3 is 10.1 Å². The number of anilines is 1. The summed E-state index contributed by atoms with van der Waals surface area (Å²) in [6, 6.07) is 23.1. The molecule has 0 radical (unpaired) electrons. The van der Waals surface area contributed by atoms with Gasteiger partial charge in [0.25, 0.3) is 0 Å². The summed E-state index contributed by atoms with van der Waals surface area (Å²) >= 11 is 0. The molecule has 4 aromatic rings. The molecule has 0 aliphatic heterocycles. The van der Waals surface area contributed by atoms with Gasteiger partial charge in [-0.05, 0) is 12.1 Å². The van der Waals surface area contributed by atoms with Crippen LogP contribution in [0.25, 0.3) is 0 Å². The molecule has 3 aromatic carbocycles. The lowest BCUT2D eigenvalue weighted by Crippen LogP contribution is -2.24. The van der Waals surface area contributed by atoms with Crippen LogP contribution < -0.4 is 5.32 Å². The SMILES string of the molecule is COC(=O)c1ccccc1NC(=O)Cn1nnc(C(=O)c2ccccc2)c1C(=O)c1ccccc1. The monoisotopic (exact) mass is 468 g/mol. The van der Waals surface area contributed by atoms with Crippen molar-refractivity contribution in [1.29, 1.82) is 0 Å². The van der Waals surface area contributed by atoms with Gasteiger partial charge in [0, 0.05) is 11.1 Å². The number of nitrogens with one attached hydrogen (secondary N) is 1. The van der Waals surface area contributed by atoms with Crippen LogP contribution >= 0.6 is 0 Å². The molecule has 35 heavy (non-hydrogen) atoms. The molecule has 174 valence electrons. The van der Waals surface area contributed by atoms with E-state index in [1.807, 2.05) is 0 Å². The second-order valence-corrected chi connectivity index (χ2v) is 7.42. The summed E-state index contributed by atoms with van der Waals surface area (Å²) in [4.78, 5) is 51.3. The summed E-state index contributed by atoms with van der Waals surface area (Å²) in [5.41, 5.74) is 0.783. The lowest BCUT2D eigenvalue weighted by molar-refractivity contribution is -0.116. The molecule has 0 spiro atoms. The molecule has 0 bridgehead atoms. The average Bonchev–Trinajstić information content (AvgIpc) is 3.31. The Morgan fingerprint density at radius 3 is 2.00 bits per heavy atom. The summed E-state index contributed by atoms with van der Waals surface area (Å²) in [5, 5.41) is 10.5. The number of ether oxygens (including phenoxy) is 1. The molecular weight excluding hydrogens is 448 g/mol. The minimum Gasteiger partial charge on any atom is -0.465 e. The predicted octanol–water partition coefficient (Wildman–Crippen LogP) is 3.17. The quantitative estimate of drug-likeness (QED) is 0.311. The molecule has 0 atom stereocenters. The summed E-state index contributed by atoms with van der Waals surface area (Å²) in [5.74, 6) is -2.19. The van der Waals surface area contributed by atoms with Crippen molar-refractivity contribution in [2.45, 2.75) is 6.54 Å². The molecule has 4 rings (SSSR count). The van der Waals surface area contributed by atoms with Crippen LogP contribution in [-0.4, -0.2) is 45.5 Å². The van der Waals surface area contributed by atoms with Crippen molar-refractivity contribution >= 4 is 29.1 Å². The van der Waals surface area contributed by atoms with Crippen LogP contribution in [0.4, 0.5) is 5.69 Å². The number of carbonyl (C=O) groups is 4. The summed E-state index contributed by atoms with van der Waals surface area (Å²) in [6.45, 7) is -0.418. The molecule has 1 N–H and O–H groups in total. The van der Waals surface area contributed by atoms with Crippen molar-refractivity contribution in [2.24, 2.45) is 0 Å². The highest BCUT2D eigenvalue weighted by atomic mass is 16.5. The van der Waals surface area contributed by atoms with Crippen LogP contribution in [0, 0.1) is 0 Å². The lowest BCUT2D eigenvalue weighted by atomic mass is 10.0. The van der Waals surface area contributed by atoms with Crippen molar-refractivity contribution in [2.75, 3.05) is 12.4 Å². The zero-order chi connectivity index (χ0) is 24.8. The number of rotatable bonds is 8. The van der Waals surface area contributed by atoms with Gasteiger partial charge in [-0.3, -0.25) is 14.4 Å². The van der Waals surface area contributed by atoms with E-state index in [2.05, 4.69) is 15.6 Å². The van der Waals surface area contributed by atoms with Gasteiger partial charge in [0.05, 0.1) is 18.4 Å². The van der Waals surface area contributed by atoms with Crippen LogP contribution in [0.1, 0.15) is 42.5 Å². The molecule has 0 aliphatic carbocycles. The number of esters is 1. The van der Waals surface area contributed by atoms with Crippen LogP contribution in [0.5, 0.6) is 0 Å². The number of para-hydroxylation sites is 1. The van der Waals surface area contributed by atoms with E-state index in [1.54, 1.807) is 78.9 Å². The highest BCUT2D eigenvalue weighted by molar-refractivity contribution is 6.18. The smallest absolute Gasteiger partial charge is 0.339 e. The zero-order valence-electron chi connectivity index (χ0n) is 18.7. The second-order valence-electron chi connectivity index (χ2n) is 7.42. The van der Waals surface area contributed by atoms with E-state index in [0.29, 0.717) is 11.1 Å². The first-order valence-electron chi connectivity index (χ1n) is 10.6. The van der Waals surface area contributed by atoms with Gasteiger partial charge >= 0.3 is 5.97 Å². The van der Waals surface area contributed by atoms with E-state index in [4.69, 9.17) is 4.74 Å². The number of hydrogen-bond donors (Lipinski definition) is 1. The normalized spacial score (nSPS) is 10.4. The maximum Gasteiger partial charge on any atom is 0.339 e. The molecule has 0 saturated carbocycles. The number of ketones is 2. The van der Waals surface area contributed by atoms with Crippen LogP contribution in [0.3, 0.4) is 0 Å². The second kappa shape index (κ2) is 10.3. The first kappa shape index (κ1) is 23.2. The van der Waals surface area contributed by atoms with Crippen LogP contribution in [-0.2, 0) is 16.1 Å². The fraction of sp³-hybridized carbons (Fsp3) is 0.0769. The van der Waals surface area contributed by atoms with Gasteiger partial charge in [0.1, 0.15) is 12.2 Å². The third-order valence-electron chi connectivity index (χ3n) is 5.14. The molecule has 1 heterocycles. The largest absolute Gasteiger partial charge is 0.465 e. The topological polar surface area (TPSA) is 120 Å². The Balaban J connectivity index is 1.68. The molecular formula is C26H20N4O5. The van der Waals surface area contributed by atoms with Crippen molar-refractivity contribution in [3.8, 4) is 0 Å². The van der Waals surface area contributed by atoms with Gasteiger partial charge in [-0.15, -0.1) is 5.10 Å². The Bertz CT molecular complexity index is 1400. The van der Waals surface area contributed by atoms with E-state index in [-0.39, 0.29) is 22.6 Å². The van der Waals surface area contributed by atoms with E-state index >= 15 is 0 Å². The number of methoxy groups -OCH3 is 1. The summed E-state index contributed by atoms with van der Waals surface area (Å²) in [6.07, 6.45) is 0. The number of benzene rings is 3. The van der Waals surface area contributed by atoms with Gasteiger partial charge in [-0.25, -0.2) is 9.48 Å². The Kier molecular flexibility index (Phi) is 6.87. The highest BCUT2D eigenvalue weighted by Gasteiger charge is 2.28. The average molecular weight is 468 g/mol. The number of nitrogens with zero attached hydrogens (tertiary/aromatic N) is 3. The van der Waals surface area contributed by atoms with Crippen LogP contribution in [0.2, 0.25) is 0 Å². The van der Waals surface area contributed by atoms with Gasteiger partial charge in [0.2, 0.25) is 17.5 Å². The Morgan fingerprint density at radius 1 is 0.800 bits per heavy atom. The van der Waals surface area contributed by atoms with E-state index < -0.39 is 30.0 Å². The Labute approximate surface area is 200 Å². The van der Waals surface area contributed by atoms with E-state index in [1.165, 1.54) is 13.2 Å². The minimum absolute atomic E-state index is 0.110. The Hall–Kier alpha value is -4.92. The molecule has 0 aliphatic rings. The lowest BCUT2D eigenvalue weighted by Gasteiger charge is -2.11.